The number of oxime groups is 1. The highest BCUT2D eigenvalue weighted by Gasteiger charge is 2.54. The van der Waals surface area contributed by atoms with Gasteiger partial charge in [-0.1, -0.05) is 5.16 Å². The summed E-state index contributed by atoms with van der Waals surface area (Å²) in [6, 6.07) is -1.35. The lowest BCUT2D eigenvalue weighted by Gasteiger charge is -2.44. The van der Waals surface area contributed by atoms with Gasteiger partial charge in [0.25, 0.3) is 17.7 Å². The molecule has 0 aliphatic carbocycles. The van der Waals surface area contributed by atoms with E-state index < -0.39 is 75.1 Å². The second-order valence-corrected chi connectivity index (χ2v) is 12.0. The minimum atomic E-state index is -5.18. The Morgan fingerprint density at radius 1 is 1.22 bits per heavy atom. The molecule has 21 nitrogen and oxygen atoms in total. The first-order valence-corrected chi connectivity index (χ1v) is 14.8. The number of hydrogen-bond donors (Lipinski definition) is 7. The van der Waals surface area contributed by atoms with E-state index in [9.17, 15) is 52.4 Å². The molecule has 3 amide bonds. The fourth-order valence-corrected chi connectivity index (χ4v) is 5.17. The number of rotatable bonds is 11. The van der Waals surface area contributed by atoms with E-state index in [4.69, 9.17) is 10.6 Å². The molecule has 2 atom stereocenters. The average Bonchev–Trinajstić information content (AvgIpc) is 3.40. The summed E-state index contributed by atoms with van der Waals surface area (Å²) in [5.74, 6) is -5.98. The van der Waals surface area contributed by atoms with Gasteiger partial charge in [0.1, 0.15) is 23.1 Å². The quantitative estimate of drug-likeness (QED) is 0.0371. The van der Waals surface area contributed by atoms with Crippen molar-refractivity contribution < 1.29 is 52.4 Å². The standard InChI is InChI=1S/C23H23N9O12S2/c1-23(2,21(38)39)44-30-15(10-8-45-22(24)28-10)19(36)29-16-12(32(20(16)37)46(41,42)43)6-26-18(35)9-3-4-25-17(27-9)11-5-13(33)14(34)7-31(11)40/h3-5,7-8,12,16,34,40H,6H2,1-2H3,(H2,24,28)(H,26,35)(H,29,36)(H,38,39)(H,41,42,43)/t12-,16-/m0/s1. The maximum atomic E-state index is 13.2. The molecule has 1 fully saturated rings. The number of nitrogen functional groups attached to an aromatic ring is 1. The van der Waals surface area contributed by atoms with Crippen LogP contribution in [-0.4, -0.2) is 106 Å². The molecular formula is C23H23N9O12S2. The van der Waals surface area contributed by atoms with Crippen LogP contribution in [-0.2, 0) is 29.5 Å². The lowest BCUT2D eigenvalue weighted by molar-refractivity contribution is -0.161. The zero-order chi connectivity index (χ0) is 34.1. The van der Waals surface area contributed by atoms with E-state index in [0.717, 1.165) is 43.5 Å². The number of pyridine rings is 1. The van der Waals surface area contributed by atoms with E-state index >= 15 is 0 Å². The van der Waals surface area contributed by atoms with Crippen LogP contribution >= 0.6 is 11.3 Å². The van der Waals surface area contributed by atoms with Crippen LogP contribution in [0.5, 0.6) is 5.75 Å². The lowest BCUT2D eigenvalue weighted by atomic mass is 9.98. The molecule has 0 radical (unpaired) electrons. The van der Waals surface area contributed by atoms with Crippen LogP contribution in [0.25, 0.3) is 11.5 Å². The summed E-state index contributed by atoms with van der Waals surface area (Å²) >= 11 is 0.891. The third-order valence-corrected chi connectivity index (χ3v) is 7.79. The van der Waals surface area contributed by atoms with Gasteiger partial charge in [0.2, 0.25) is 11.0 Å². The number of carbonyl (C=O) groups excluding carboxylic acids is 3. The van der Waals surface area contributed by atoms with Crippen molar-refractivity contribution in [3.8, 4) is 17.3 Å². The van der Waals surface area contributed by atoms with Crippen LogP contribution in [0.15, 0.2) is 39.9 Å². The number of aromatic hydroxyl groups is 1. The Morgan fingerprint density at radius 2 is 1.91 bits per heavy atom. The van der Waals surface area contributed by atoms with E-state index in [1.165, 1.54) is 5.38 Å². The molecule has 0 spiro atoms. The third kappa shape index (κ3) is 6.84. The van der Waals surface area contributed by atoms with E-state index in [2.05, 4.69) is 30.7 Å². The molecule has 1 aliphatic heterocycles. The van der Waals surface area contributed by atoms with Crippen molar-refractivity contribution in [2.24, 2.45) is 5.16 Å². The van der Waals surface area contributed by atoms with Crippen molar-refractivity contribution in [1.82, 2.24) is 34.6 Å². The highest BCUT2D eigenvalue weighted by Crippen LogP contribution is 2.24. The highest BCUT2D eigenvalue weighted by molar-refractivity contribution is 7.84. The van der Waals surface area contributed by atoms with Gasteiger partial charge in [0.05, 0.1) is 12.2 Å². The monoisotopic (exact) mass is 681 g/mol. The molecule has 1 saturated heterocycles. The number of hydrogen-bond acceptors (Lipinski definition) is 16. The zero-order valence-corrected chi connectivity index (χ0v) is 25.0. The predicted octanol–water partition coefficient (Wildman–Crippen LogP) is -2.20. The molecule has 3 aromatic rings. The first kappa shape index (κ1) is 33.2. The van der Waals surface area contributed by atoms with Crippen LogP contribution in [0.1, 0.15) is 30.0 Å². The molecule has 1 aliphatic rings. The van der Waals surface area contributed by atoms with Crippen molar-refractivity contribution >= 4 is 56.2 Å². The van der Waals surface area contributed by atoms with Crippen molar-refractivity contribution in [1.29, 1.82) is 0 Å². The summed E-state index contributed by atoms with van der Waals surface area (Å²) in [4.78, 5) is 78.7. The summed E-state index contributed by atoms with van der Waals surface area (Å²) in [7, 11) is -5.18. The summed E-state index contributed by atoms with van der Waals surface area (Å²) in [5.41, 5.74) is 1.37. The number of anilines is 1. The molecule has 46 heavy (non-hydrogen) atoms. The maximum absolute atomic E-state index is 13.2. The Bertz CT molecular complexity index is 1940. The number of nitrogens with one attached hydrogen (secondary N) is 2. The first-order valence-electron chi connectivity index (χ1n) is 12.5. The summed E-state index contributed by atoms with van der Waals surface area (Å²) in [5, 5.41) is 38.1. The predicted molar refractivity (Wildman–Crippen MR) is 153 cm³/mol. The molecule has 8 N–H and O–H groups in total. The van der Waals surface area contributed by atoms with Gasteiger partial charge in [-0.15, -0.1) is 11.3 Å². The van der Waals surface area contributed by atoms with Gasteiger partial charge in [-0.2, -0.15) is 13.1 Å². The zero-order valence-electron chi connectivity index (χ0n) is 23.4. The molecule has 244 valence electrons. The number of aromatic nitrogens is 4. The molecule has 4 rings (SSSR count). The number of thiazole rings is 1. The minimum Gasteiger partial charge on any atom is -0.503 e. The molecule has 3 aromatic heterocycles. The van der Waals surface area contributed by atoms with Gasteiger partial charge >= 0.3 is 16.3 Å². The number of carbonyl (C=O) groups is 4. The van der Waals surface area contributed by atoms with Crippen LogP contribution in [0, 0.1) is 0 Å². The van der Waals surface area contributed by atoms with Crippen molar-refractivity contribution in [3.05, 3.63) is 51.5 Å². The maximum Gasteiger partial charge on any atom is 0.362 e. The van der Waals surface area contributed by atoms with Gasteiger partial charge in [-0.25, -0.2) is 24.1 Å². The number of carboxylic acids is 1. The summed E-state index contributed by atoms with van der Waals surface area (Å²) in [6.07, 6.45) is 1.77. The number of carboxylic acid groups (broad SMARTS) is 1. The van der Waals surface area contributed by atoms with Gasteiger partial charge in [-0.3, -0.25) is 23.7 Å². The second-order valence-electron chi connectivity index (χ2n) is 9.78. The number of nitrogens with zero attached hydrogens (tertiary/aromatic N) is 6. The molecule has 0 aromatic carbocycles. The SMILES string of the molecule is CC(C)(ON=C(C(=O)N[C@@H]1C(=O)N(S(=O)(=O)O)[C@H]1CNC(=O)c1ccnc(-c2cc(=O)c(O)cn2O)n1)c1csc(N)n1)C(=O)O. The van der Waals surface area contributed by atoms with Crippen LogP contribution in [0.2, 0.25) is 0 Å². The molecule has 0 unspecified atom stereocenters. The molecular weight excluding hydrogens is 658 g/mol. The largest absolute Gasteiger partial charge is 0.503 e. The Hall–Kier alpha value is -5.68. The number of nitrogens with two attached hydrogens (primary N) is 1. The number of aliphatic carboxylic acids is 1. The van der Waals surface area contributed by atoms with E-state index in [-0.39, 0.29) is 32.3 Å². The Labute approximate surface area is 260 Å². The number of β-lactam (4-membered cyclic amide) rings is 1. The van der Waals surface area contributed by atoms with Crippen molar-refractivity contribution in [2.45, 2.75) is 31.5 Å². The van der Waals surface area contributed by atoms with E-state index in [1.807, 2.05) is 0 Å². The van der Waals surface area contributed by atoms with Gasteiger partial charge < -0.3 is 36.6 Å². The Balaban J connectivity index is 1.56. The molecule has 0 saturated carbocycles. The minimum absolute atomic E-state index is 0.00617. The van der Waals surface area contributed by atoms with E-state index in [1.54, 1.807) is 0 Å². The normalized spacial score (nSPS) is 16.8. The van der Waals surface area contributed by atoms with Crippen LogP contribution in [0.3, 0.4) is 0 Å². The van der Waals surface area contributed by atoms with Crippen LogP contribution in [0.4, 0.5) is 5.13 Å². The van der Waals surface area contributed by atoms with Gasteiger partial charge in [0, 0.05) is 24.2 Å². The highest BCUT2D eigenvalue weighted by atomic mass is 32.2. The van der Waals surface area contributed by atoms with Crippen molar-refractivity contribution in [3.63, 3.8) is 0 Å². The fraction of sp³-hybridized carbons (Fsp3) is 0.261. The number of amides is 3. The topological polar surface area (TPSA) is 319 Å². The average molecular weight is 682 g/mol. The lowest BCUT2D eigenvalue weighted by Crippen LogP contribution is -2.74. The van der Waals surface area contributed by atoms with Gasteiger partial charge in [-0.05, 0) is 19.9 Å². The summed E-state index contributed by atoms with van der Waals surface area (Å²) in [6.45, 7) is 1.59. The van der Waals surface area contributed by atoms with Crippen molar-refractivity contribution in [2.75, 3.05) is 12.3 Å². The Morgan fingerprint density at radius 3 is 2.52 bits per heavy atom. The smallest absolute Gasteiger partial charge is 0.362 e. The summed E-state index contributed by atoms with van der Waals surface area (Å²) < 4.78 is 33.8. The second kappa shape index (κ2) is 12.4. The third-order valence-electron chi connectivity index (χ3n) is 6.16. The first-order chi connectivity index (χ1) is 21.4. The van der Waals surface area contributed by atoms with E-state index in [0.29, 0.717) is 10.9 Å². The van der Waals surface area contributed by atoms with Gasteiger partial charge in [0.15, 0.2) is 22.4 Å². The molecule has 4 heterocycles. The molecule has 23 heteroatoms. The fourth-order valence-electron chi connectivity index (χ4n) is 3.75. The van der Waals surface area contributed by atoms with Crippen LogP contribution < -0.4 is 21.8 Å². The Kier molecular flexibility index (Phi) is 8.93. The molecule has 0 bridgehead atoms.